The first kappa shape index (κ1) is 5.91. The van der Waals surface area contributed by atoms with E-state index >= 15 is 0 Å². The first-order chi connectivity index (χ1) is 2.56. The van der Waals surface area contributed by atoms with Gasteiger partial charge < -0.3 is 0 Å². The van der Waals surface area contributed by atoms with Gasteiger partial charge in [-0.25, -0.2) is 0 Å². The van der Waals surface area contributed by atoms with Crippen LogP contribution in [0.3, 0.4) is 0 Å². The maximum atomic E-state index is 4.95. The first-order valence-electron chi connectivity index (χ1n) is 1.74. The molecule has 0 aliphatic carbocycles. The van der Waals surface area contributed by atoms with Gasteiger partial charge in [-0.05, 0) is 13.8 Å². The maximum absolute atomic E-state index is 4.95. The standard InChI is InChI=1S/C5H7S/c1-4-5(2,3)6/h1H,2-3H3. The van der Waals surface area contributed by atoms with Crippen LogP contribution in [-0.4, -0.2) is 4.75 Å². The Morgan fingerprint density at radius 1 is 1.67 bits per heavy atom. The first-order valence-corrected chi connectivity index (χ1v) is 2.15. The Morgan fingerprint density at radius 2 is 1.83 bits per heavy atom. The van der Waals surface area contributed by atoms with E-state index in [2.05, 4.69) is 5.92 Å². The van der Waals surface area contributed by atoms with E-state index in [1.807, 2.05) is 13.8 Å². The summed E-state index contributed by atoms with van der Waals surface area (Å²) in [6, 6.07) is 0. The van der Waals surface area contributed by atoms with Crippen LogP contribution in [0.5, 0.6) is 0 Å². The van der Waals surface area contributed by atoms with Gasteiger partial charge in [0.2, 0.25) is 0 Å². The molecular formula is C5H7S. The van der Waals surface area contributed by atoms with Gasteiger partial charge in [0.1, 0.15) is 0 Å². The number of rotatable bonds is 0. The molecule has 33 valence electrons. The second kappa shape index (κ2) is 1.57. The molecule has 0 heterocycles. The quantitative estimate of drug-likeness (QED) is 0.405. The highest BCUT2D eigenvalue weighted by Crippen LogP contribution is 2.07. The largest absolute Gasteiger partial charge is 0.119 e. The summed E-state index contributed by atoms with van der Waals surface area (Å²) in [6.45, 7) is 3.64. The second-order valence-corrected chi connectivity index (χ2v) is 2.68. The van der Waals surface area contributed by atoms with Crippen molar-refractivity contribution in [1.29, 1.82) is 0 Å². The van der Waals surface area contributed by atoms with Gasteiger partial charge in [-0.1, -0.05) is 18.5 Å². The fourth-order valence-corrected chi connectivity index (χ4v) is 0. The van der Waals surface area contributed by atoms with Gasteiger partial charge in [-0.2, -0.15) is 0 Å². The minimum absolute atomic E-state index is 0.347. The van der Waals surface area contributed by atoms with Crippen molar-refractivity contribution in [2.24, 2.45) is 0 Å². The molecule has 0 aliphatic rings. The molecule has 0 unspecified atom stereocenters. The number of hydrogen-bond donors (Lipinski definition) is 0. The highest BCUT2D eigenvalue weighted by atomic mass is 32.1. The van der Waals surface area contributed by atoms with Crippen molar-refractivity contribution >= 4 is 12.6 Å². The molecule has 0 saturated carbocycles. The van der Waals surface area contributed by atoms with Crippen LogP contribution >= 0.6 is 12.6 Å². The third-order valence-electron chi connectivity index (χ3n) is 0.348. The Hall–Kier alpha value is -0.0900. The molecule has 0 spiro atoms. The molecule has 0 fully saturated rings. The lowest BCUT2D eigenvalue weighted by Gasteiger charge is -2.01. The minimum atomic E-state index is -0.347. The Balaban J connectivity index is 3.55. The third-order valence-corrected chi connectivity index (χ3v) is 0.465. The highest BCUT2D eigenvalue weighted by Gasteiger charge is 2.03. The van der Waals surface area contributed by atoms with Crippen LogP contribution in [-0.2, 0) is 0 Å². The van der Waals surface area contributed by atoms with Gasteiger partial charge in [0.15, 0.2) is 0 Å². The van der Waals surface area contributed by atoms with Gasteiger partial charge in [-0.3, -0.25) is 0 Å². The zero-order valence-electron chi connectivity index (χ0n) is 3.99. The molecule has 1 radical (unpaired) electrons. The monoisotopic (exact) mass is 99.0 g/mol. The van der Waals surface area contributed by atoms with Crippen molar-refractivity contribution in [2.75, 3.05) is 0 Å². The zero-order chi connectivity index (χ0) is 5.21. The van der Waals surface area contributed by atoms with Gasteiger partial charge in [0, 0.05) is 0 Å². The van der Waals surface area contributed by atoms with Crippen LogP contribution < -0.4 is 0 Å². The van der Waals surface area contributed by atoms with E-state index in [0.717, 1.165) is 0 Å². The van der Waals surface area contributed by atoms with Crippen LogP contribution in [0.4, 0.5) is 0 Å². The topological polar surface area (TPSA) is 0 Å². The minimum Gasteiger partial charge on any atom is -0.119 e. The molecule has 0 aromatic heterocycles. The summed E-state index contributed by atoms with van der Waals surface area (Å²) in [7, 11) is 0. The van der Waals surface area contributed by atoms with Crippen molar-refractivity contribution in [3.05, 3.63) is 0 Å². The van der Waals surface area contributed by atoms with Crippen LogP contribution in [0.25, 0.3) is 0 Å². The molecule has 1 heteroatoms. The van der Waals surface area contributed by atoms with E-state index in [0.29, 0.717) is 0 Å². The van der Waals surface area contributed by atoms with Crippen molar-refractivity contribution in [3.63, 3.8) is 0 Å². The lowest BCUT2D eigenvalue weighted by atomic mass is 10.2. The molecule has 0 amide bonds. The van der Waals surface area contributed by atoms with Crippen LogP contribution in [0.15, 0.2) is 0 Å². The third kappa shape index (κ3) is 3.91. The summed E-state index contributed by atoms with van der Waals surface area (Å²) >= 11 is 4.75. The lowest BCUT2D eigenvalue weighted by Crippen LogP contribution is -2.03. The molecular weight excluding hydrogens is 92.1 g/mol. The molecule has 0 N–H and O–H groups in total. The van der Waals surface area contributed by atoms with Gasteiger partial charge in [-0.15, -0.1) is 6.42 Å². The Morgan fingerprint density at radius 3 is 1.83 bits per heavy atom. The molecule has 0 saturated heterocycles. The molecule has 0 atom stereocenters. The molecule has 6 heavy (non-hydrogen) atoms. The molecule has 0 aromatic carbocycles. The fraction of sp³-hybridized carbons (Fsp3) is 0.600. The average Bonchev–Trinajstić information content (AvgIpc) is 1.35. The predicted octanol–water partition coefficient (Wildman–Crippen LogP) is 1.60. The number of terminal acetylenes is 1. The average molecular weight is 99.2 g/mol. The van der Waals surface area contributed by atoms with E-state index in [-0.39, 0.29) is 4.75 Å². The predicted molar refractivity (Wildman–Crippen MR) is 30.5 cm³/mol. The smallest absolute Gasteiger partial charge is 0.0810 e. The Kier molecular flexibility index (Phi) is 1.55. The van der Waals surface area contributed by atoms with E-state index in [9.17, 15) is 0 Å². The summed E-state index contributed by atoms with van der Waals surface area (Å²) < 4.78 is -0.347. The molecule has 0 rings (SSSR count). The van der Waals surface area contributed by atoms with Crippen molar-refractivity contribution in [1.82, 2.24) is 0 Å². The Bertz CT molecular complexity index is 70.9. The fourth-order valence-electron chi connectivity index (χ4n) is 0. The van der Waals surface area contributed by atoms with Gasteiger partial charge >= 0.3 is 0 Å². The molecule has 0 bridgehead atoms. The van der Waals surface area contributed by atoms with E-state index in [1.165, 1.54) is 0 Å². The normalized spacial score (nSPS) is 10.3. The SMILES string of the molecule is C#CC(C)(C)[S]. The van der Waals surface area contributed by atoms with Crippen LogP contribution in [0.2, 0.25) is 0 Å². The summed E-state index contributed by atoms with van der Waals surface area (Å²) in [5.74, 6) is 2.42. The molecule has 0 nitrogen and oxygen atoms in total. The zero-order valence-corrected chi connectivity index (χ0v) is 4.80. The highest BCUT2D eigenvalue weighted by molar-refractivity contribution is 7.82. The van der Waals surface area contributed by atoms with Crippen LogP contribution in [0.1, 0.15) is 13.8 Å². The van der Waals surface area contributed by atoms with Crippen molar-refractivity contribution < 1.29 is 0 Å². The Labute approximate surface area is 44.4 Å². The van der Waals surface area contributed by atoms with E-state index in [4.69, 9.17) is 19.1 Å². The molecule has 0 aliphatic heterocycles. The van der Waals surface area contributed by atoms with Crippen LogP contribution in [0, 0.1) is 12.3 Å². The maximum Gasteiger partial charge on any atom is 0.0810 e. The van der Waals surface area contributed by atoms with E-state index < -0.39 is 0 Å². The number of hydrogen-bond acceptors (Lipinski definition) is 0. The second-order valence-electron chi connectivity index (χ2n) is 1.65. The van der Waals surface area contributed by atoms with Crippen molar-refractivity contribution in [3.8, 4) is 12.3 Å². The van der Waals surface area contributed by atoms with Gasteiger partial charge in [0.25, 0.3) is 0 Å². The van der Waals surface area contributed by atoms with Gasteiger partial charge in [0.05, 0.1) is 4.75 Å². The summed E-state index contributed by atoms with van der Waals surface area (Å²) in [6.07, 6.45) is 4.95. The summed E-state index contributed by atoms with van der Waals surface area (Å²) in [5.41, 5.74) is 0. The molecule has 0 aromatic rings. The summed E-state index contributed by atoms with van der Waals surface area (Å²) in [5, 5.41) is 0. The van der Waals surface area contributed by atoms with E-state index in [1.54, 1.807) is 0 Å². The lowest BCUT2D eigenvalue weighted by molar-refractivity contribution is 0.945. The summed E-state index contributed by atoms with van der Waals surface area (Å²) in [4.78, 5) is 0. The van der Waals surface area contributed by atoms with Crippen molar-refractivity contribution in [2.45, 2.75) is 18.6 Å².